The van der Waals surface area contributed by atoms with Gasteiger partial charge in [0.25, 0.3) is 10.4 Å². The summed E-state index contributed by atoms with van der Waals surface area (Å²) >= 11 is 0.731. The van der Waals surface area contributed by atoms with Gasteiger partial charge in [0.15, 0.2) is 0 Å². The van der Waals surface area contributed by atoms with Gasteiger partial charge >= 0.3 is 0 Å². The molecule has 12 heteroatoms. The van der Waals surface area contributed by atoms with E-state index < -0.39 is 46.9 Å². The Hall–Kier alpha value is -0.470. The third kappa shape index (κ3) is 5.62. The number of nitrogens with zero attached hydrogens (tertiary/aromatic N) is 1. The third-order valence-electron chi connectivity index (χ3n) is 2.79. The van der Waals surface area contributed by atoms with Gasteiger partial charge in [-0.05, 0) is 12.8 Å². The van der Waals surface area contributed by atoms with E-state index >= 15 is 0 Å². The largest absolute Gasteiger partial charge is 0.714 e. The summed E-state index contributed by atoms with van der Waals surface area (Å²) in [5.41, 5.74) is -1.13. The van der Waals surface area contributed by atoms with Crippen molar-refractivity contribution >= 4 is 27.2 Å². The molecule has 0 amide bonds. The Labute approximate surface area is 131 Å². The van der Waals surface area contributed by atoms with Gasteiger partial charge in [0.1, 0.15) is 34.9 Å². The van der Waals surface area contributed by atoms with Gasteiger partial charge in [-0.25, -0.2) is 0 Å². The van der Waals surface area contributed by atoms with Gasteiger partial charge in [0.05, 0.1) is 6.61 Å². The Bertz CT molecular complexity index is 481. The molecule has 0 spiro atoms. The van der Waals surface area contributed by atoms with Crippen molar-refractivity contribution in [2.45, 2.75) is 49.6 Å². The predicted molar refractivity (Wildman–Crippen MR) is 74.5 cm³/mol. The number of thioether (sulfide) groups is 1. The van der Waals surface area contributed by atoms with Gasteiger partial charge in [-0.1, -0.05) is 23.8 Å². The van der Waals surface area contributed by atoms with Crippen LogP contribution in [-0.2, 0) is 19.4 Å². The molecular weight excluding hydrogens is 342 g/mol. The lowest BCUT2D eigenvalue weighted by atomic mass is 10.0. The molecule has 0 saturated carbocycles. The standard InChI is InChI=1S/C10H19NO9S2/c1-2-3-6(11-20-22(16,17)18)21-10-9(15)8(14)7(13)5(4-12)19-10/h5,7-10,12-15H,2-4H2,1H3,(H,16,17,18)/p-1/b11-6-/t5-,7-,8+,9-,10+/m1/s1. The fourth-order valence-corrected chi connectivity index (χ4v) is 3.12. The molecule has 5 atom stereocenters. The van der Waals surface area contributed by atoms with Gasteiger partial charge in [-0.15, -0.1) is 0 Å². The van der Waals surface area contributed by atoms with Crippen molar-refractivity contribution in [3.63, 3.8) is 0 Å². The summed E-state index contributed by atoms with van der Waals surface area (Å²) in [5.74, 6) is 0. The van der Waals surface area contributed by atoms with Crippen LogP contribution in [0.5, 0.6) is 0 Å². The fourth-order valence-electron chi connectivity index (χ4n) is 1.73. The summed E-state index contributed by atoms with van der Waals surface area (Å²) in [6.07, 6.45) is -4.89. The normalized spacial score (nSPS) is 33.7. The third-order valence-corrected chi connectivity index (χ3v) is 4.22. The first-order chi connectivity index (χ1) is 10.2. The van der Waals surface area contributed by atoms with Crippen LogP contribution in [0.15, 0.2) is 5.16 Å². The van der Waals surface area contributed by atoms with Gasteiger partial charge in [-0.2, -0.15) is 8.42 Å². The number of rotatable bonds is 6. The Morgan fingerprint density at radius 2 is 1.95 bits per heavy atom. The molecule has 1 fully saturated rings. The smallest absolute Gasteiger partial charge is 0.284 e. The number of ether oxygens (including phenoxy) is 1. The fraction of sp³-hybridized carbons (Fsp3) is 0.900. The lowest BCUT2D eigenvalue weighted by Gasteiger charge is -2.39. The molecular formula is C10H18NO9S2-. The average molecular weight is 360 g/mol. The first-order valence-electron chi connectivity index (χ1n) is 6.38. The van der Waals surface area contributed by atoms with E-state index in [0.29, 0.717) is 6.42 Å². The van der Waals surface area contributed by atoms with Crippen LogP contribution < -0.4 is 0 Å². The lowest BCUT2D eigenvalue weighted by molar-refractivity contribution is -0.205. The SMILES string of the molecule is CCC/C(=N/OS(=O)(=O)[O-])S[C@@H]1O[C@H](CO)[C@@H](O)[C@H](O)[C@H]1O. The van der Waals surface area contributed by atoms with Gasteiger partial charge in [0.2, 0.25) is 0 Å². The number of hydrogen-bond donors (Lipinski definition) is 4. The molecule has 22 heavy (non-hydrogen) atoms. The van der Waals surface area contributed by atoms with Crippen molar-refractivity contribution in [2.75, 3.05) is 6.61 Å². The zero-order valence-corrected chi connectivity index (χ0v) is 13.2. The van der Waals surface area contributed by atoms with Crippen molar-refractivity contribution in [1.29, 1.82) is 0 Å². The van der Waals surface area contributed by atoms with Crippen LogP contribution in [0.3, 0.4) is 0 Å². The molecule has 1 aliphatic heterocycles. The van der Waals surface area contributed by atoms with Crippen LogP contribution in [0.2, 0.25) is 0 Å². The topological polar surface area (TPSA) is 169 Å². The lowest BCUT2D eigenvalue weighted by Crippen LogP contribution is -2.57. The molecule has 4 N–H and O–H groups in total. The molecule has 0 aromatic carbocycles. The Balaban J connectivity index is 2.83. The molecule has 0 unspecified atom stereocenters. The summed E-state index contributed by atoms with van der Waals surface area (Å²) in [6.45, 7) is 1.17. The highest BCUT2D eigenvalue weighted by Gasteiger charge is 2.44. The molecule has 1 saturated heterocycles. The molecule has 10 nitrogen and oxygen atoms in total. The predicted octanol–water partition coefficient (Wildman–Crippen LogP) is -1.89. The number of aliphatic hydroxyl groups is 4. The van der Waals surface area contributed by atoms with Gasteiger partial charge in [-0.3, -0.25) is 4.28 Å². The zero-order valence-electron chi connectivity index (χ0n) is 11.6. The number of hydrogen-bond acceptors (Lipinski definition) is 11. The maximum atomic E-state index is 10.4. The monoisotopic (exact) mass is 360 g/mol. The van der Waals surface area contributed by atoms with Crippen LogP contribution in [0, 0.1) is 0 Å². The molecule has 0 radical (unpaired) electrons. The average Bonchev–Trinajstić information content (AvgIpc) is 2.44. The Morgan fingerprint density at radius 1 is 1.32 bits per heavy atom. The number of oxime groups is 1. The second-order valence-corrected chi connectivity index (χ2v) is 6.67. The molecule has 130 valence electrons. The van der Waals surface area contributed by atoms with E-state index in [0.717, 1.165) is 11.8 Å². The molecule has 0 aromatic heterocycles. The first kappa shape index (κ1) is 19.6. The molecule has 0 aromatic rings. The second-order valence-electron chi connectivity index (χ2n) is 4.53. The van der Waals surface area contributed by atoms with E-state index in [2.05, 4.69) is 9.44 Å². The van der Waals surface area contributed by atoms with E-state index in [9.17, 15) is 28.3 Å². The van der Waals surface area contributed by atoms with Crippen molar-refractivity contribution in [3.05, 3.63) is 0 Å². The maximum Gasteiger partial charge on any atom is 0.284 e. The Kier molecular flexibility index (Phi) is 7.48. The summed E-state index contributed by atoms with van der Waals surface area (Å²) in [7, 11) is -5.01. The molecule has 0 aliphatic carbocycles. The molecule has 1 rings (SSSR count). The van der Waals surface area contributed by atoms with Crippen LogP contribution in [0.1, 0.15) is 19.8 Å². The summed E-state index contributed by atoms with van der Waals surface area (Å²) < 4.78 is 40.3. The highest BCUT2D eigenvalue weighted by atomic mass is 32.3. The highest BCUT2D eigenvalue weighted by molar-refractivity contribution is 8.14. The van der Waals surface area contributed by atoms with Crippen molar-refractivity contribution in [1.82, 2.24) is 0 Å². The van der Waals surface area contributed by atoms with E-state index in [1.807, 2.05) is 0 Å². The van der Waals surface area contributed by atoms with Crippen LogP contribution in [0.4, 0.5) is 0 Å². The summed E-state index contributed by atoms with van der Waals surface area (Å²) in [4.78, 5) is 0. The number of aliphatic hydroxyl groups excluding tert-OH is 4. The highest BCUT2D eigenvalue weighted by Crippen LogP contribution is 2.30. The van der Waals surface area contributed by atoms with E-state index in [1.54, 1.807) is 6.92 Å². The minimum atomic E-state index is -5.01. The minimum Gasteiger partial charge on any atom is -0.714 e. The second kappa shape index (κ2) is 8.40. The Morgan fingerprint density at radius 3 is 2.45 bits per heavy atom. The van der Waals surface area contributed by atoms with Crippen molar-refractivity contribution in [3.8, 4) is 0 Å². The van der Waals surface area contributed by atoms with Crippen LogP contribution in [0.25, 0.3) is 0 Å². The molecule has 0 bridgehead atoms. The minimum absolute atomic E-state index is 0.0475. The first-order valence-corrected chi connectivity index (χ1v) is 8.59. The molecule has 1 aliphatic rings. The van der Waals surface area contributed by atoms with Crippen LogP contribution in [-0.4, -0.2) is 74.9 Å². The maximum absolute atomic E-state index is 10.4. The van der Waals surface area contributed by atoms with E-state index in [1.165, 1.54) is 0 Å². The summed E-state index contributed by atoms with van der Waals surface area (Å²) in [5, 5.41) is 41.5. The van der Waals surface area contributed by atoms with E-state index in [-0.39, 0.29) is 11.5 Å². The van der Waals surface area contributed by atoms with Crippen molar-refractivity contribution < 1.29 is 42.4 Å². The zero-order chi connectivity index (χ0) is 16.9. The van der Waals surface area contributed by atoms with Crippen LogP contribution >= 0.6 is 11.8 Å². The van der Waals surface area contributed by atoms with E-state index in [4.69, 9.17) is 9.84 Å². The van der Waals surface area contributed by atoms with Gasteiger partial charge in [0, 0.05) is 0 Å². The summed E-state index contributed by atoms with van der Waals surface area (Å²) in [6, 6.07) is 0. The van der Waals surface area contributed by atoms with Crippen molar-refractivity contribution in [2.24, 2.45) is 5.16 Å². The molecule has 1 heterocycles. The quantitative estimate of drug-likeness (QED) is 0.138. The van der Waals surface area contributed by atoms with Gasteiger partial charge < -0.3 is 29.7 Å².